The Morgan fingerprint density at radius 3 is 2.49 bits per heavy atom. The lowest BCUT2D eigenvalue weighted by atomic mass is 10.0. The Balaban J connectivity index is 1.48. The summed E-state index contributed by atoms with van der Waals surface area (Å²) in [6, 6.07) is 11.5. The van der Waals surface area contributed by atoms with Gasteiger partial charge >= 0.3 is 5.97 Å². The van der Waals surface area contributed by atoms with Gasteiger partial charge in [0.2, 0.25) is 5.91 Å². The zero-order valence-electron chi connectivity index (χ0n) is 19.8. The lowest BCUT2D eigenvalue weighted by molar-refractivity contribution is -0.114. The number of rotatable bonds is 9. The van der Waals surface area contributed by atoms with Crippen molar-refractivity contribution in [3.8, 4) is 0 Å². The van der Waals surface area contributed by atoms with Crippen molar-refractivity contribution in [2.45, 2.75) is 19.8 Å². The van der Waals surface area contributed by atoms with Crippen molar-refractivity contribution in [2.24, 2.45) is 5.73 Å². The van der Waals surface area contributed by atoms with E-state index in [-0.39, 0.29) is 22.4 Å². The topological polar surface area (TPSA) is 179 Å². The molecule has 2 aromatic heterocycles. The predicted molar refractivity (Wildman–Crippen MR) is 141 cm³/mol. The highest BCUT2D eigenvalue weighted by Crippen LogP contribution is 2.26. The first kappa shape index (κ1) is 25.5. The monoisotopic (exact) mass is 520 g/mol. The first-order valence-corrected chi connectivity index (χ1v) is 12.2. The number of anilines is 3. The molecule has 0 unspecified atom stereocenters. The number of hydrogen-bond donors (Lipinski definition) is 6. The van der Waals surface area contributed by atoms with Gasteiger partial charge in [-0.05, 0) is 61.3 Å². The van der Waals surface area contributed by atoms with Crippen LogP contribution in [0.3, 0.4) is 0 Å². The van der Waals surface area contributed by atoms with Gasteiger partial charge in [0, 0.05) is 40.1 Å². The van der Waals surface area contributed by atoms with Gasteiger partial charge < -0.3 is 26.5 Å². The molecule has 2 aromatic carbocycles. The van der Waals surface area contributed by atoms with Gasteiger partial charge in [0.25, 0.3) is 11.8 Å². The van der Waals surface area contributed by atoms with Crippen molar-refractivity contribution >= 4 is 62.4 Å². The van der Waals surface area contributed by atoms with Crippen LogP contribution in [0.25, 0.3) is 10.9 Å². The Bertz CT molecular complexity index is 1510. The number of aromatic amines is 1. The zero-order chi connectivity index (χ0) is 26.5. The number of carbonyl (C=O) groups is 4. The summed E-state index contributed by atoms with van der Waals surface area (Å²) < 4.78 is 0. The second-order valence-corrected chi connectivity index (χ2v) is 9.00. The fourth-order valence-corrected chi connectivity index (χ4v) is 4.47. The minimum absolute atomic E-state index is 0.0826. The highest BCUT2D eigenvalue weighted by atomic mass is 32.1. The van der Waals surface area contributed by atoms with Crippen molar-refractivity contribution < 1.29 is 24.3 Å². The number of aryl methyl sites for hydroxylation is 1. The van der Waals surface area contributed by atoms with Crippen LogP contribution in [-0.2, 0) is 11.2 Å². The van der Waals surface area contributed by atoms with Crippen LogP contribution in [0.1, 0.15) is 50.2 Å². The van der Waals surface area contributed by atoms with Crippen molar-refractivity contribution in [1.29, 1.82) is 0 Å². The van der Waals surface area contributed by atoms with Crippen LogP contribution in [0, 0.1) is 0 Å². The van der Waals surface area contributed by atoms with Gasteiger partial charge in [-0.1, -0.05) is 6.07 Å². The highest BCUT2D eigenvalue weighted by molar-refractivity contribution is 7.14. The molecule has 4 rings (SSSR count). The number of fused-ring (bicyclic) bond motifs is 1. The number of amides is 3. The molecule has 0 saturated carbocycles. The van der Waals surface area contributed by atoms with Crippen LogP contribution in [0.2, 0.25) is 0 Å². The lowest BCUT2D eigenvalue weighted by Crippen LogP contribution is -2.14. The summed E-state index contributed by atoms with van der Waals surface area (Å²) in [4.78, 5) is 55.5. The van der Waals surface area contributed by atoms with Crippen molar-refractivity contribution in [3.05, 3.63) is 70.4 Å². The Morgan fingerprint density at radius 2 is 1.78 bits per heavy atom. The molecule has 2 heterocycles. The molecule has 190 valence electrons. The molecule has 0 aliphatic rings. The molecule has 0 bridgehead atoms. The van der Waals surface area contributed by atoms with Gasteiger partial charge in [-0.3, -0.25) is 19.7 Å². The number of H-pyrrole nitrogens is 1. The maximum Gasteiger partial charge on any atom is 0.352 e. The fourth-order valence-electron chi connectivity index (χ4n) is 3.79. The van der Waals surface area contributed by atoms with Crippen LogP contribution >= 0.6 is 11.3 Å². The van der Waals surface area contributed by atoms with E-state index in [0.717, 1.165) is 11.3 Å². The quantitative estimate of drug-likeness (QED) is 0.195. The molecule has 0 aliphatic heterocycles. The number of aromatic carboxylic acids is 1. The van der Waals surface area contributed by atoms with E-state index in [1.807, 2.05) is 0 Å². The molecule has 0 fully saturated rings. The Labute approximate surface area is 215 Å². The Morgan fingerprint density at radius 1 is 1.03 bits per heavy atom. The number of carbonyl (C=O) groups excluding carboxylic acids is 3. The normalized spacial score (nSPS) is 10.8. The summed E-state index contributed by atoms with van der Waals surface area (Å²) >= 11 is 1.09. The van der Waals surface area contributed by atoms with Gasteiger partial charge in [0.15, 0.2) is 5.13 Å². The number of nitrogens with zero attached hydrogens (tertiary/aromatic N) is 1. The number of thiazole rings is 1. The molecule has 0 aliphatic carbocycles. The molecule has 0 spiro atoms. The van der Waals surface area contributed by atoms with E-state index in [1.54, 1.807) is 42.5 Å². The lowest BCUT2D eigenvalue weighted by Gasteiger charge is -2.06. The van der Waals surface area contributed by atoms with Crippen LogP contribution in [0.15, 0.2) is 47.8 Å². The van der Waals surface area contributed by atoms with Gasteiger partial charge in [0.1, 0.15) is 11.4 Å². The molecular weight excluding hydrogens is 496 g/mol. The van der Waals surface area contributed by atoms with Crippen LogP contribution < -0.4 is 21.7 Å². The molecule has 0 saturated heterocycles. The molecule has 37 heavy (non-hydrogen) atoms. The minimum Gasteiger partial charge on any atom is -0.477 e. The van der Waals surface area contributed by atoms with Crippen LogP contribution in [-0.4, -0.2) is 45.3 Å². The van der Waals surface area contributed by atoms with E-state index < -0.39 is 17.8 Å². The Kier molecular flexibility index (Phi) is 7.60. The van der Waals surface area contributed by atoms with E-state index in [2.05, 4.69) is 25.9 Å². The average molecular weight is 521 g/mol. The van der Waals surface area contributed by atoms with Crippen LogP contribution in [0.4, 0.5) is 16.5 Å². The number of nitrogens with two attached hydrogens (primary N) is 1. The molecule has 4 aromatic rings. The van der Waals surface area contributed by atoms with E-state index in [0.29, 0.717) is 52.8 Å². The van der Waals surface area contributed by atoms with Crippen LogP contribution in [0.5, 0.6) is 0 Å². The number of carboxylic acid groups (broad SMARTS) is 1. The number of nitrogens with one attached hydrogen (secondary N) is 4. The molecule has 11 nitrogen and oxygen atoms in total. The summed E-state index contributed by atoms with van der Waals surface area (Å²) in [5, 5.41) is 19.9. The third-order valence-electron chi connectivity index (χ3n) is 5.41. The second-order valence-electron chi connectivity index (χ2n) is 8.14. The second kappa shape index (κ2) is 11.0. The van der Waals surface area contributed by atoms with Crippen molar-refractivity contribution in [3.63, 3.8) is 0 Å². The standard InChI is InChI=1S/C25H24N6O5S/c1-13(32)27-15-4-2-5-16(11-15)28-23(34)20-12-37-25(30-20)31-22(33)14-7-8-19-18(10-14)17(6-3-9-26)21(29-19)24(35)36/h2,4-5,7-8,10-12,29H,3,6,9,26H2,1H3,(H,27,32)(H,28,34)(H,35,36)(H,30,31,33). The van der Waals surface area contributed by atoms with E-state index in [1.165, 1.54) is 12.3 Å². The number of aromatic nitrogens is 2. The summed E-state index contributed by atoms with van der Waals surface area (Å²) in [7, 11) is 0. The van der Waals surface area contributed by atoms with Crippen molar-refractivity contribution in [1.82, 2.24) is 9.97 Å². The molecule has 0 radical (unpaired) electrons. The minimum atomic E-state index is -1.08. The summed E-state index contributed by atoms with van der Waals surface area (Å²) in [6.45, 7) is 1.80. The van der Waals surface area contributed by atoms with Gasteiger partial charge in [-0.2, -0.15) is 0 Å². The first-order chi connectivity index (χ1) is 17.7. The average Bonchev–Trinajstić information content (AvgIpc) is 3.47. The third kappa shape index (κ3) is 6.00. The summed E-state index contributed by atoms with van der Waals surface area (Å²) in [5.74, 6) is -2.23. The van der Waals surface area contributed by atoms with Crippen molar-refractivity contribution in [2.75, 3.05) is 22.5 Å². The van der Waals surface area contributed by atoms with E-state index >= 15 is 0 Å². The first-order valence-electron chi connectivity index (χ1n) is 11.3. The summed E-state index contributed by atoms with van der Waals surface area (Å²) in [6.07, 6.45) is 1.06. The van der Waals surface area contributed by atoms with E-state index in [9.17, 15) is 24.3 Å². The maximum absolute atomic E-state index is 12.9. The largest absolute Gasteiger partial charge is 0.477 e. The molecule has 12 heteroatoms. The number of carboxylic acids is 1. The Hall–Kier alpha value is -4.55. The van der Waals surface area contributed by atoms with Gasteiger partial charge in [-0.15, -0.1) is 11.3 Å². The number of benzene rings is 2. The molecule has 3 amide bonds. The zero-order valence-corrected chi connectivity index (χ0v) is 20.6. The predicted octanol–water partition coefficient (Wildman–Crippen LogP) is 3.68. The number of hydrogen-bond acceptors (Lipinski definition) is 7. The third-order valence-corrected chi connectivity index (χ3v) is 6.17. The fraction of sp³-hybridized carbons (Fsp3) is 0.160. The highest BCUT2D eigenvalue weighted by Gasteiger charge is 2.19. The SMILES string of the molecule is CC(=O)Nc1cccc(NC(=O)c2csc(NC(=O)c3ccc4[nH]c(C(=O)O)c(CCCN)c4c3)n2)c1. The van der Waals surface area contributed by atoms with Gasteiger partial charge in [-0.25, -0.2) is 9.78 Å². The van der Waals surface area contributed by atoms with E-state index in [4.69, 9.17) is 5.73 Å². The maximum atomic E-state index is 12.9. The smallest absolute Gasteiger partial charge is 0.352 e. The molecule has 0 atom stereocenters. The molecular formula is C25H24N6O5S. The molecule has 7 N–H and O–H groups in total. The summed E-state index contributed by atoms with van der Waals surface area (Å²) in [5.41, 5.74) is 8.32. The van der Waals surface area contributed by atoms with Gasteiger partial charge in [0.05, 0.1) is 0 Å².